The fraction of sp³-hybridized carbons (Fsp3) is 0.682. The molecule has 28 heavy (non-hydrogen) atoms. The van der Waals surface area contributed by atoms with Crippen molar-refractivity contribution in [3.05, 3.63) is 23.8 Å². The summed E-state index contributed by atoms with van der Waals surface area (Å²) in [5.41, 5.74) is 1.16. The maximum atomic E-state index is 12.7. The summed E-state index contributed by atoms with van der Waals surface area (Å²) in [5.74, 6) is 1.72. The fourth-order valence-electron chi connectivity index (χ4n) is 4.03. The molecular formula is C22H36N2O4. The van der Waals surface area contributed by atoms with Gasteiger partial charge in [-0.05, 0) is 50.8 Å². The summed E-state index contributed by atoms with van der Waals surface area (Å²) in [4.78, 5) is 17.2. The van der Waals surface area contributed by atoms with E-state index < -0.39 is 0 Å². The van der Waals surface area contributed by atoms with Crippen LogP contribution >= 0.6 is 0 Å². The highest BCUT2D eigenvalue weighted by molar-refractivity contribution is 5.76. The minimum absolute atomic E-state index is 0.260. The number of methoxy groups -OCH3 is 3. The molecule has 1 saturated heterocycles. The largest absolute Gasteiger partial charge is 0.493 e. The Balaban J connectivity index is 1.80. The van der Waals surface area contributed by atoms with Crippen molar-refractivity contribution in [1.82, 2.24) is 9.80 Å². The van der Waals surface area contributed by atoms with E-state index in [9.17, 15) is 4.79 Å². The third-order valence-corrected chi connectivity index (χ3v) is 5.52. The normalized spacial score (nSPS) is 20.2. The van der Waals surface area contributed by atoms with E-state index >= 15 is 0 Å². The van der Waals surface area contributed by atoms with Gasteiger partial charge in [-0.2, -0.15) is 0 Å². The first-order valence-electron chi connectivity index (χ1n) is 10.2. The summed E-state index contributed by atoms with van der Waals surface area (Å²) in [6.07, 6.45) is 3.31. The number of piperazine rings is 1. The van der Waals surface area contributed by atoms with Gasteiger partial charge in [0.15, 0.2) is 11.5 Å². The van der Waals surface area contributed by atoms with Crippen LogP contribution in [0.2, 0.25) is 0 Å². The van der Waals surface area contributed by atoms with Crippen LogP contribution in [0.1, 0.15) is 38.7 Å². The molecule has 1 aromatic carbocycles. The predicted octanol–water partition coefficient (Wildman–Crippen LogP) is 2.98. The lowest BCUT2D eigenvalue weighted by Crippen LogP contribution is -2.58. The Morgan fingerprint density at radius 1 is 1.04 bits per heavy atom. The second-order valence-corrected chi connectivity index (χ2v) is 7.62. The maximum absolute atomic E-state index is 12.7. The number of benzene rings is 1. The van der Waals surface area contributed by atoms with Gasteiger partial charge < -0.3 is 19.1 Å². The maximum Gasteiger partial charge on any atom is 0.222 e. The van der Waals surface area contributed by atoms with Gasteiger partial charge in [-0.3, -0.25) is 9.69 Å². The Labute approximate surface area is 169 Å². The van der Waals surface area contributed by atoms with Gasteiger partial charge in [-0.1, -0.05) is 6.07 Å². The first kappa shape index (κ1) is 22.5. The van der Waals surface area contributed by atoms with Crippen LogP contribution in [0.25, 0.3) is 0 Å². The molecule has 1 fully saturated rings. The average molecular weight is 393 g/mol. The first-order chi connectivity index (χ1) is 13.5. The molecule has 1 aromatic rings. The molecule has 0 aromatic heterocycles. The summed E-state index contributed by atoms with van der Waals surface area (Å²) in [6.45, 7) is 7.87. The summed E-state index contributed by atoms with van der Waals surface area (Å²) in [5, 5.41) is 0. The van der Waals surface area contributed by atoms with Gasteiger partial charge >= 0.3 is 0 Å². The molecule has 0 spiro atoms. The van der Waals surface area contributed by atoms with Crippen molar-refractivity contribution in [3.63, 3.8) is 0 Å². The second kappa shape index (κ2) is 11.3. The molecule has 0 aliphatic carbocycles. The Morgan fingerprint density at radius 3 is 2.32 bits per heavy atom. The summed E-state index contributed by atoms with van der Waals surface area (Å²) >= 11 is 0. The van der Waals surface area contributed by atoms with Gasteiger partial charge in [0.1, 0.15) is 0 Å². The minimum Gasteiger partial charge on any atom is -0.493 e. The van der Waals surface area contributed by atoms with Crippen LogP contribution in [0.5, 0.6) is 11.5 Å². The topological polar surface area (TPSA) is 51.2 Å². The standard InChI is InChI=1S/C22H36N2O4/c1-17-15-23(16-18(2)24(17)12-7-13-26-3)22(25)9-6-8-19-10-11-20(27-4)21(14-19)28-5/h10-11,14,17-18H,6-9,12-13,15-16H2,1-5H3. The number of aryl methyl sites for hydroxylation is 1. The monoisotopic (exact) mass is 392 g/mol. The molecule has 1 aliphatic heterocycles. The van der Waals surface area contributed by atoms with E-state index in [1.54, 1.807) is 21.3 Å². The van der Waals surface area contributed by atoms with Crippen LogP contribution in [-0.2, 0) is 16.0 Å². The van der Waals surface area contributed by atoms with E-state index in [1.807, 2.05) is 23.1 Å². The number of carbonyl (C=O) groups is 1. The molecule has 2 unspecified atom stereocenters. The van der Waals surface area contributed by atoms with Crippen LogP contribution in [0, 0.1) is 0 Å². The fourth-order valence-corrected chi connectivity index (χ4v) is 4.03. The number of nitrogens with zero attached hydrogens (tertiary/aromatic N) is 2. The van der Waals surface area contributed by atoms with E-state index in [-0.39, 0.29) is 5.91 Å². The van der Waals surface area contributed by atoms with Crippen molar-refractivity contribution < 1.29 is 19.0 Å². The SMILES string of the molecule is COCCCN1C(C)CN(C(=O)CCCc2ccc(OC)c(OC)c2)CC1C. The highest BCUT2D eigenvalue weighted by Crippen LogP contribution is 2.28. The van der Waals surface area contributed by atoms with Crippen LogP contribution in [0.4, 0.5) is 0 Å². The zero-order chi connectivity index (χ0) is 20.5. The highest BCUT2D eigenvalue weighted by atomic mass is 16.5. The number of ether oxygens (including phenoxy) is 3. The van der Waals surface area contributed by atoms with Gasteiger partial charge in [0.2, 0.25) is 5.91 Å². The molecule has 2 rings (SSSR count). The van der Waals surface area contributed by atoms with E-state index in [1.165, 1.54) is 0 Å². The summed E-state index contributed by atoms with van der Waals surface area (Å²) in [6, 6.07) is 6.72. The number of rotatable bonds is 10. The van der Waals surface area contributed by atoms with Gasteiger partial charge in [0.25, 0.3) is 0 Å². The lowest BCUT2D eigenvalue weighted by Gasteiger charge is -2.44. The van der Waals surface area contributed by atoms with Crippen LogP contribution in [0.3, 0.4) is 0 Å². The highest BCUT2D eigenvalue weighted by Gasteiger charge is 2.30. The number of carbonyl (C=O) groups excluding carboxylic acids is 1. The molecule has 1 aliphatic rings. The molecule has 6 heteroatoms. The third-order valence-electron chi connectivity index (χ3n) is 5.52. The number of amides is 1. The Kier molecular flexibility index (Phi) is 9.06. The van der Waals surface area contributed by atoms with E-state index in [2.05, 4.69) is 18.7 Å². The average Bonchev–Trinajstić information content (AvgIpc) is 2.69. The van der Waals surface area contributed by atoms with Gasteiger partial charge in [-0.25, -0.2) is 0 Å². The third kappa shape index (κ3) is 6.11. The van der Waals surface area contributed by atoms with Crippen molar-refractivity contribution >= 4 is 5.91 Å². The molecular weight excluding hydrogens is 356 g/mol. The Bertz CT molecular complexity index is 611. The molecule has 2 atom stereocenters. The lowest BCUT2D eigenvalue weighted by atomic mass is 10.0. The molecule has 0 bridgehead atoms. The molecule has 158 valence electrons. The van der Waals surface area contributed by atoms with Crippen molar-refractivity contribution in [2.24, 2.45) is 0 Å². The molecule has 0 saturated carbocycles. The number of hydrogen-bond acceptors (Lipinski definition) is 5. The molecule has 1 heterocycles. The van der Waals surface area contributed by atoms with Crippen molar-refractivity contribution in [2.75, 3.05) is 47.6 Å². The van der Waals surface area contributed by atoms with E-state index in [0.29, 0.717) is 18.5 Å². The van der Waals surface area contributed by atoms with Crippen molar-refractivity contribution in [1.29, 1.82) is 0 Å². The van der Waals surface area contributed by atoms with Gasteiger partial charge in [0, 0.05) is 51.9 Å². The Morgan fingerprint density at radius 2 is 1.71 bits per heavy atom. The van der Waals surface area contributed by atoms with Crippen LogP contribution in [-0.4, -0.2) is 75.4 Å². The second-order valence-electron chi connectivity index (χ2n) is 7.62. The van der Waals surface area contributed by atoms with Gasteiger partial charge in [-0.15, -0.1) is 0 Å². The van der Waals surface area contributed by atoms with Crippen LogP contribution in [0.15, 0.2) is 18.2 Å². The quantitative estimate of drug-likeness (QED) is 0.573. The van der Waals surface area contributed by atoms with E-state index in [0.717, 1.165) is 62.6 Å². The van der Waals surface area contributed by atoms with Gasteiger partial charge in [0.05, 0.1) is 14.2 Å². The number of hydrogen-bond donors (Lipinski definition) is 0. The lowest BCUT2D eigenvalue weighted by molar-refractivity contribution is -0.135. The molecule has 6 nitrogen and oxygen atoms in total. The van der Waals surface area contributed by atoms with Crippen LogP contribution < -0.4 is 9.47 Å². The molecule has 0 N–H and O–H groups in total. The van der Waals surface area contributed by atoms with Crippen molar-refractivity contribution in [2.45, 2.75) is 51.6 Å². The zero-order valence-electron chi connectivity index (χ0n) is 18.1. The summed E-state index contributed by atoms with van der Waals surface area (Å²) < 4.78 is 15.8. The first-order valence-corrected chi connectivity index (χ1v) is 10.2. The summed E-state index contributed by atoms with van der Waals surface area (Å²) in [7, 11) is 5.02. The minimum atomic E-state index is 0.260. The van der Waals surface area contributed by atoms with Crippen molar-refractivity contribution in [3.8, 4) is 11.5 Å². The molecule has 1 amide bonds. The molecule has 0 radical (unpaired) electrons. The predicted molar refractivity (Wildman–Crippen MR) is 111 cm³/mol. The van der Waals surface area contributed by atoms with E-state index in [4.69, 9.17) is 14.2 Å². The smallest absolute Gasteiger partial charge is 0.222 e. The zero-order valence-corrected chi connectivity index (χ0v) is 18.1. The Hall–Kier alpha value is -1.79.